The molecule has 0 bridgehead atoms. The van der Waals surface area contributed by atoms with Crippen LogP contribution in [0.4, 0.5) is 0 Å². The fourth-order valence-electron chi connectivity index (χ4n) is 4.52. The Balaban J connectivity index is 1.29. The number of rotatable bonds is 9. The smallest absolute Gasteiger partial charge is 0.187 e. The molecule has 0 N–H and O–H groups in total. The number of thioether (sulfide) groups is 1. The number of methoxy groups -OCH3 is 1. The minimum atomic E-state index is 0.495. The van der Waals surface area contributed by atoms with Crippen molar-refractivity contribution < 1.29 is 4.74 Å². The summed E-state index contributed by atoms with van der Waals surface area (Å²) in [6.45, 7) is 6.82. The average Bonchev–Trinajstić information content (AvgIpc) is 3.33. The van der Waals surface area contributed by atoms with E-state index in [1.165, 1.54) is 44.5 Å². The topological polar surface area (TPSA) is 41.5 Å². The number of likely N-dealkylation sites (tertiary alicyclic amines) is 2. The van der Waals surface area contributed by atoms with Crippen molar-refractivity contribution in [3.63, 3.8) is 0 Å². The Hall–Kier alpha value is -1.89. The van der Waals surface area contributed by atoms with E-state index in [1.807, 2.05) is 18.3 Å². The van der Waals surface area contributed by atoms with Crippen LogP contribution < -0.4 is 4.74 Å². The maximum atomic E-state index is 5.45. The molecule has 1 aromatic heterocycles. The zero-order valence-electron chi connectivity index (χ0n) is 18.6. The third-order valence-corrected chi connectivity index (χ3v) is 7.06. The van der Waals surface area contributed by atoms with Crippen LogP contribution in [-0.4, -0.2) is 71.9 Å². The Bertz CT molecular complexity index is 853. The summed E-state index contributed by atoms with van der Waals surface area (Å²) in [5.74, 6) is 2.49. The molecular weight excluding hydrogens is 404 g/mol. The van der Waals surface area contributed by atoms with Crippen LogP contribution in [0.25, 0.3) is 6.08 Å². The van der Waals surface area contributed by atoms with Crippen LogP contribution >= 0.6 is 11.8 Å². The summed E-state index contributed by atoms with van der Waals surface area (Å²) < 4.78 is 5.45. The summed E-state index contributed by atoms with van der Waals surface area (Å²) in [6.07, 6.45) is 11.5. The van der Waals surface area contributed by atoms with Gasteiger partial charge in [-0.25, -0.2) is 9.97 Å². The highest BCUT2D eigenvalue weighted by atomic mass is 32.2. The van der Waals surface area contributed by atoms with Crippen molar-refractivity contribution in [1.82, 2.24) is 19.8 Å². The SMILES string of the molecule is COc1ccccc1C=CCN1CCCC(c2ccnc(SCCN3CCCC3)n2)C1. The van der Waals surface area contributed by atoms with E-state index in [9.17, 15) is 0 Å². The van der Waals surface area contributed by atoms with E-state index < -0.39 is 0 Å². The first-order valence-corrected chi connectivity index (χ1v) is 12.5. The second kappa shape index (κ2) is 11.7. The Morgan fingerprint density at radius 2 is 1.94 bits per heavy atom. The summed E-state index contributed by atoms with van der Waals surface area (Å²) in [6, 6.07) is 10.3. The Kier molecular flexibility index (Phi) is 8.38. The fraction of sp³-hybridized carbons (Fsp3) is 0.520. The molecule has 3 heterocycles. The highest BCUT2D eigenvalue weighted by molar-refractivity contribution is 7.99. The van der Waals surface area contributed by atoms with Gasteiger partial charge in [-0.1, -0.05) is 42.1 Å². The molecule has 0 radical (unpaired) electrons. The van der Waals surface area contributed by atoms with E-state index in [1.54, 1.807) is 18.9 Å². The van der Waals surface area contributed by atoms with Crippen LogP contribution in [0.1, 0.15) is 42.9 Å². The number of hydrogen-bond donors (Lipinski definition) is 0. The van der Waals surface area contributed by atoms with Crippen molar-refractivity contribution >= 4 is 17.8 Å². The molecule has 31 heavy (non-hydrogen) atoms. The normalized spacial score (nSPS) is 20.5. The Morgan fingerprint density at radius 3 is 2.81 bits per heavy atom. The fourth-order valence-corrected chi connectivity index (χ4v) is 5.36. The van der Waals surface area contributed by atoms with Crippen LogP contribution in [0.5, 0.6) is 5.75 Å². The van der Waals surface area contributed by atoms with Crippen molar-refractivity contribution in [1.29, 1.82) is 0 Å². The van der Waals surface area contributed by atoms with Gasteiger partial charge in [0.1, 0.15) is 5.75 Å². The minimum Gasteiger partial charge on any atom is -0.496 e. The lowest BCUT2D eigenvalue weighted by atomic mass is 9.94. The van der Waals surface area contributed by atoms with Crippen LogP contribution in [0.15, 0.2) is 47.8 Å². The van der Waals surface area contributed by atoms with Gasteiger partial charge in [-0.3, -0.25) is 4.90 Å². The maximum absolute atomic E-state index is 5.45. The van der Waals surface area contributed by atoms with Crippen molar-refractivity contribution in [3.8, 4) is 5.75 Å². The van der Waals surface area contributed by atoms with Gasteiger partial charge in [0, 0.05) is 48.8 Å². The molecule has 2 aliphatic rings. The molecule has 1 atom stereocenters. The largest absolute Gasteiger partial charge is 0.496 e. The summed E-state index contributed by atoms with van der Waals surface area (Å²) in [5.41, 5.74) is 2.34. The van der Waals surface area contributed by atoms with Gasteiger partial charge in [0.2, 0.25) is 0 Å². The van der Waals surface area contributed by atoms with Crippen molar-refractivity contribution in [3.05, 3.63) is 53.9 Å². The zero-order chi connectivity index (χ0) is 21.3. The van der Waals surface area contributed by atoms with E-state index in [-0.39, 0.29) is 0 Å². The lowest BCUT2D eigenvalue weighted by Gasteiger charge is -2.31. The van der Waals surface area contributed by atoms with Gasteiger partial charge in [-0.2, -0.15) is 0 Å². The molecule has 1 aromatic carbocycles. The Labute approximate surface area is 190 Å². The molecule has 0 saturated carbocycles. The van der Waals surface area contributed by atoms with Gasteiger partial charge in [0.15, 0.2) is 5.16 Å². The van der Waals surface area contributed by atoms with Gasteiger partial charge in [-0.15, -0.1) is 0 Å². The van der Waals surface area contributed by atoms with E-state index in [2.05, 4.69) is 45.1 Å². The molecule has 1 unspecified atom stereocenters. The van der Waals surface area contributed by atoms with E-state index in [0.717, 1.165) is 48.4 Å². The predicted molar refractivity (Wildman–Crippen MR) is 129 cm³/mol. The third-order valence-electron chi connectivity index (χ3n) is 6.22. The lowest BCUT2D eigenvalue weighted by molar-refractivity contribution is 0.226. The minimum absolute atomic E-state index is 0.495. The first-order chi connectivity index (χ1) is 15.3. The second-order valence-corrected chi connectivity index (χ2v) is 9.47. The molecule has 2 aromatic rings. The number of aromatic nitrogens is 2. The van der Waals surface area contributed by atoms with Crippen molar-refractivity contribution in [2.24, 2.45) is 0 Å². The van der Waals surface area contributed by atoms with E-state index in [0.29, 0.717) is 5.92 Å². The first kappa shape index (κ1) is 22.3. The standard InChI is InChI=1S/C25H34N4OS/c1-30-24-11-3-2-8-21(24)9-6-16-29-17-7-10-22(20-29)23-12-13-26-25(27-23)31-19-18-28-14-4-5-15-28/h2-3,6,8-9,11-13,22H,4-5,7,10,14-20H2,1H3. The quantitative estimate of drug-likeness (QED) is 0.422. The third kappa shape index (κ3) is 6.55. The molecule has 5 nitrogen and oxygen atoms in total. The summed E-state index contributed by atoms with van der Waals surface area (Å²) >= 11 is 1.80. The van der Waals surface area contributed by atoms with Crippen molar-refractivity contribution in [2.45, 2.75) is 36.8 Å². The highest BCUT2D eigenvalue weighted by Gasteiger charge is 2.22. The zero-order valence-corrected chi connectivity index (χ0v) is 19.4. The molecule has 2 fully saturated rings. The monoisotopic (exact) mass is 438 g/mol. The summed E-state index contributed by atoms with van der Waals surface area (Å²) in [7, 11) is 1.72. The number of hydrogen-bond acceptors (Lipinski definition) is 6. The molecule has 0 spiro atoms. The first-order valence-electron chi connectivity index (χ1n) is 11.5. The molecule has 6 heteroatoms. The van der Waals surface area contributed by atoms with Crippen LogP contribution in [-0.2, 0) is 0 Å². The van der Waals surface area contributed by atoms with Crippen LogP contribution in [0, 0.1) is 0 Å². The summed E-state index contributed by atoms with van der Waals surface area (Å²) in [4.78, 5) is 14.5. The number of ether oxygens (including phenoxy) is 1. The number of benzene rings is 1. The second-order valence-electron chi connectivity index (χ2n) is 8.40. The molecule has 2 aliphatic heterocycles. The van der Waals surface area contributed by atoms with Crippen molar-refractivity contribution in [2.75, 3.05) is 52.1 Å². The number of piperidine rings is 1. The predicted octanol–water partition coefficient (Wildman–Crippen LogP) is 4.57. The molecule has 166 valence electrons. The van der Waals surface area contributed by atoms with Crippen LogP contribution in [0.3, 0.4) is 0 Å². The van der Waals surface area contributed by atoms with Crippen LogP contribution in [0.2, 0.25) is 0 Å². The summed E-state index contributed by atoms with van der Waals surface area (Å²) in [5, 5.41) is 0.935. The molecular formula is C25H34N4OS. The molecule has 2 saturated heterocycles. The maximum Gasteiger partial charge on any atom is 0.187 e. The molecule has 0 amide bonds. The molecule has 4 rings (SSSR count). The van der Waals surface area contributed by atoms with E-state index in [4.69, 9.17) is 9.72 Å². The highest BCUT2D eigenvalue weighted by Crippen LogP contribution is 2.27. The van der Waals surface area contributed by atoms with E-state index >= 15 is 0 Å². The number of nitrogens with zero attached hydrogens (tertiary/aromatic N) is 4. The van der Waals surface area contributed by atoms with Gasteiger partial charge in [0.05, 0.1) is 7.11 Å². The lowest BCUT2D eigenvalue weighted by Crippen LogP contribution is -2.34. The molecule has 0 aliphatic carbocycles. The van der Waals surface area contributed by atoms with Gasteiger partial charge < -0.3 is 9.64 Å². The average molecular weight is 439 g/mol. The van der Waals surface area contributed by atoms with Gasteiger partial charge in [-0.05, 0) is 57.5 Å². The Morgan fingerprint density at radius 1 is 1.10 bits per heavy atom. The van der Waals surface area contributed by atoms with Gasteiger partial charge >= 0.3 is 0 Å². The number of para-hydroxylation sites is 1. The van der Waals surface area contributed by atoms with Gasteiger partial charge in [0.25, 0.3) is 0 Å².